The van der Waals surface area contributed by atoms with Gasteiger partial charge in [-0.05, 0) is 11.6 Å². The van der Waals surface area contributed by atoms with E-state index in [9.17, 15) is 0 Å². The van der Waals surface area contributed by atoms with Crippen LogP contribution in [0.5, 0.6) is 5.75 Å². The van der Waals surface area contributed by atoms with Crippen molar-refractivity contribution in [3.05, 3.63) is 82.6 Å². The van der Waals surface area contributed by atoms with Crippen LogP contribution in [0.4, 0.5) is 0 Å². The van der Waals surface area contributed by atoms with E-state index in [0.29, 0.717) is 0 Å². The second kappa shape index (κ2) is 7.86. The Balaban J connectivity index is 1.50. The first-order valence-electron chi connectivity index (χ1n) is 10.7. The highest BCUT2D eigenvalue weighted by atomic mass is 32.1. The molecule has 33 heavy (non-hydrogen) atoms. The van der Waals surface area contributed by atoms with Crippen LogP contribution in [0.25, 0.3) is 44.8 Å². The maximum Gasteiger partial charge on any atom is 0.128 e. The molecule has 0 atom stereocenters. The molecule has 0 aliphatic carbocycles. The van der Waals surface area contributed by atoms with E-state index in [-0.39, 0.29) is 0 Å². The lowest BCUT2D eigenvalue weighted by Crippen LogP contribution is -1.92. The highest BCUT2D eigenvalue weighted by molar-refractivity contribution is 7.09. The Morgan fingerprint density at radius 2 is 1.94 bits per heavy atom. The third-order valence-corrected chi connectivity index (χ3v) is 6.67. The Kier molecular flexibility index (Phi) is 4.69. The summed E-state index contributed by atoms with van der Waals surface area (Å²) in [6.45, 7) is 0. The third-order valence-electron chi connectivity index (χ3n) is 5.87. The van der Waals surface area contributed by atoms with Gasteiger partial charge < -0.3 is 10.1 Å². The molecular formula is C26H21N5OS. The predicted octanol–water partition coefficient (Wildman–Crippen LogP) is 5.41. The monoisotopic (exact) mass is 451 g/mol. The fourth-order valence-electron chi connectivity index (χ4n) is 4.13. The fraction of sp³-hybridized carbons (Fsp3) is 0.115. The molecule has 0 spiro atoms. The zero-order valence-corrected chi connectivity index (χ0v) is 19.1. The molecule has 6 rings (SSSR count). The molecule has 0 bridgehead atoms. The number of rotatable bonds is 6. The van der Waals surface area contributed by atoms with Crippen LogP contribution < -0.4 is 10.1 Å². The number of hydrogen-bond acceptors (Lipinski definition) is 6. The zero-order valence-electron chi connectivity index (χ0n) is 18.2. The number of benzene rings is 2. The van der Waals surface area contributed by atoms with E-state index in [1.165, 1.54) is 11.3 Å². The summed E-state index contributed by atoms with van der Waals surface area (Å²) in [5.74, 6) is 0.796. The van der Waals surface area contributed by atoms with E-state index in [1.807, 2.05) is 41.8 Å². The standard InChI is InChI=1S/C26H21N5OS/c1-31-22-15-29-20-13-23(32-2)18(4-3-5-24-27-10-11-33-24)12-19(20)25(22)26(30-31)17-8-6-16(7-9-17)21-14-28-21/h3-4,6-15,28H,5H2,1-2H3/b4-3-. The highest BCUT2D eigenvalue weighted by Gasteiger charge is 2.17. The molecule has 1 aliphatic heterocycles. The number of aromatic nitrogens is 4. The van der Waals surface area contributed by atoms with E-state index in [2.05, 4.69) is 52.8 Å². The number of hydrogen-bond donors (Lipinski definition) is 1. The Morgan fingerprint density at radius 1 is 1.12 bits per heavy atom. The van der Waals surface area contributed by atoms with Crippen molar-refractivity contribution in [2.45, 2.75) is 6.42 Å². The van der Waals surface area contributed by atoms with Crippen molar-refractivity contribution in [2.24, 2.45) is 7.05 Å². The molecule has 3 aromatic heterocycles. The van der Waals surface area contributed by atoms with Crippen LogP contribution in [0, 0.1) is 0 Å². The second-order valence-electron chi connectivity index (χ2n) is 7.91. The number of pyridine rings is 1. The van der Waals surface area contributed by atoms with Gasteiger partial charge in [0.15, 0.2) is 0 Å². The summed E-state index contributed by atoms with van der Waals surface area (Å²) in [6.07, 6.45) is 10.7. The van der Waals surface area contributed by atoms with Gasteiger partial charge in [-0.2, -0.15) is 5.10 Å². The number of methoxy groups -OCH3 is 1. The first-order valence-corrected chi connectivity index (χ1v) is 11.5. The average Bonchev–Trinajstić information content (AvgIpc) is 3.46. The minimum Gasteiger partial charge on any atom is -0.496 e. The first-order chi connectivity index (χ1) is 16.2. The van der Waals surface area contributed by atoms with E-state index >= 15 is 0 Å². The van der Waals surface area contributed by atoms with Crippen LogP contribution in [0.15, 0.2) is 66.4 Å². The molecule has 162 valence electrons. The van der Waals surface area contributed by atoms with E-state index in [1.54, 1.807) is 18.4 Å². The Morgan fingerprint density at radius 3 is 2.67 bits per heavy atom. The number of thiazole rings is 1. The summed E-state index contributed by atoms with van der Waals surface area (Å²) in [4.78, 5) is 9.06. The number of ether oxygens (including phenoxy) is 1. The van der Waals surface area contributed by atoms with Gasteiger partial charge in [0, 0.05) is 59.2 Å². The molecule has 0 radical (unpaired) electrons. The number of allylic oxidation sites excluding steroid dienone is 1. The topological polar surface area (TPSA) is 74.8 Å². The minimum atomic E-state index is 0.789. The van der Waals surface area contributed by atoms with Gasteiger partial charge in [-0.3, -0.25) is 9.67 Å². The van der Waals surface area contributed by atoms with Crippen LogP contribution in [-0.4, -0.2) is 26.9 Å². The molecule has 7 heteroatoms. The number of nitrogens with one attached hydrogen (secondary N) is 1. The maximum absolute atomic E-state index is 5.68. The molecule has 1 aliphatic rings. The van der Waals surface area contributed by atoms with Crippen molar-refractivity contribution in [3.8, 4) is 17.0 Å². The van der Waals surface area contributed by atoms with Gasteiger partial charge >= 0.3 is 0 Å². The average molecular weight is 452 g/mol. The second-order valence-corrected chi connectivity index (χ2v) is 8.89. The molecule has 0 saturated carbocycles. The third kappa shape index (κ3) is 3.56. The fourth-order valence-corrected chi connectivity index (χ4v) is 4.73. The lowest BCUT2D eigenvalue weighted by atomic mass is 10.0. The smallest absolute Gasteiger partial charge is 0.128 e. The van der Waals surface area contributed by atoms with Gasteiger partial charge in [-0.15, -0.1) is 11.3 Å². The summed E-state index contributed by atoms with van der Waals surface area (Å²) in [7, 11) is 3.66. The molecule has 0 unspecified atom stereocenters. The van der Waals surface area contributed by atoms with Gasteiger partial charge in [-0.25, -0.2) is 4.98 Å². The quantitative estimate of drug-likeness (QED) is 0.374. The highest BCUT2D eigenvalue weighted by Crippen LogP contribution is 2.36. The van der Waals surface area contributed by atoms with Crippen molar-refractivity contribution in [3.63, 3.8) is 0 Å². The largest absolute Gasteiger partial charge is 0.496 e. The first kappa shape index (κ1) is 19.7. The Bertz CT molecular complexity index is 1550. The predicted molar refractivity (Wildman–Crippen MR) is 134 cm³/mol. The van der Waals surface area contributed by atoms with Crippen LogP contribution in [0.1, 0.15) is 16.1 Å². The molecule has 1 N–H and O–H groups in total. The van der Waals surface area contributed by atoms with Crippen molar-refractivity contribution < 1.29 is 4.74 Å². The van der Waals surface area contributed by atoms with Crippen molar-refractivity contribution in [1.82, 2.24) is 25.1 Å². The van der Waals surface area contributed by atoms with Crippen LogP contribution >= 0.6 is 11.3 Å². The summed E-state index contributed by atoms with van der Waals surface area (Å²) < 4.78 is 7.58. The number of fused-ring (bicyclic) bond motifs is 3. The summed E-state index contributed by atoms with van der Waals surface area (Å²) >= 11 is 1.66. The van der Waals surface area contributed by atoms with Crippen LogP contribution in [-0.2, 0) is 13.5 Å². The van der Waals surface area contributed by atoms with Crippen molar-refractivity contribution in [1.29, 1.82) is 0 Å². The Hall–Kier alpha value is -3.97. The molecule has 2 aromatic carbocycles. The molecule has 6 nitrogen and oxygen atoms in total. The van der Waals surface area contributed by atoms with Gasteiger partial charge in [0.05, 0.1) is 35.0 Å². The molecular weight excluding hydrogens is 430 g/mol. The summed E-state index contributed by atoms with van der Waals surface area (Å²) in [6, 6.07) is 12.7. The van der Waals surface area contributed by atoms with Gasteiger partial charge in [0.2, 0.25) is 0 Å². The molecule has 4 heterocycles. The maximum atomic E-state index is 5.68. The van der Waals surface area contributed by atoms with Gasteiger partial charge in [0.1, 0.15) is 11.4 Å². The Labute approximate surface area is 194 Å². The minimum absolute atomic E-state index is 0.789. The summed E-state index contributed by atoms with van der Waals surface area (Å²) in [5.41, 5.74) is 7.27. The molecule has 5 aromatic rings. The van der Waals surface area contributed by atoms with Crippen LogP contribution in [0.3, 0.4) is 0 Å². The zero-order chi connectivity index (χ0) is 22.4. The van der Waals surface area contributed by atoms with Crippen molar-refractivity contribution >= 4 is 44.9 Å². The van der Waals surface area contributed by atoms with Gasteiger partial charge in [-0.1, -0.05) is 36.4 Å². The van der Waals surface area contributed by atoms with E-state index < -0.39 is 0 Å². The van der Waals surface area contributed by atoms with Crippen molar-refractivity contribution in [2.75, 3.05) is 7.11 Å². The summed E-state index contributed by atoms with van der Waals surface area (Å²) in [5, 5.41) is 13.2. The number of aryl methyl sites for hydroxylation is 1. The molecule has 0 saturated heterocycles. The lowest BCUT2D eigenvalue weighted by molar-refractivity contribution is 0.414. The van der Waals surface area contributed by atoms with Gasteiger partial charge in [0.25, 0.3) is 0 Å². The molecule has 0 fully saturated rings. The van der Waals surface area contributed by atoms with E-state index in [4.69, 9.17) is 14.8 Å². The van der Waals surface area contributed by atoms with Crippen LogP contribution in [0.2, 0.25) is 0 Å². The normalized spacial score (nSPS) is 13.0. The number of nitrogens with zero attached hydrogens (tertiary/aromatic N) is 4. The van der Waals surface area contributed by atoms with E-state index in [0.717, 1.165) is 55.8 Å². The lowest BCUT2D eigenvalue weighted by Gasteiger charge is -2.09. The molecule has 0 amide bonds. The SMILES string of the molecule is COc1cc2ncc3c(c(-c4ccc(C5=CN5)cc4)nn3C)c2cc1/C=C\Cc1nccs1.